The minimum Gasteiger partial charge on any atom is -0.490 e. The zero-order valence-corrected chi connectivity index (χ0v) is 23.3. The van der Waals surface area contributed by atoms with Gasteiger partial charge < -0.3 is 43.7 Å². The molecule has 2 aliphatic heterocycles. The minimum absolute atomic E-state index is 0.109. The number of nitrogens with one attached hydrogen (secondary N) is 1. The second-order valence-corrected chi connectivity index (χ2v) is 9.98. The van der Waals surface area contributed by atoms with Gasteiger partial charge in [-0.2, -0.15) is 0 Å². The van der Waals surface area contributed by atoms with Crippen LogP contribution < -0.4 is 15.0 Å². The Hall–Kier alpha value is -2.24. The quantitative estimate of drug-likeness (QED) is 0.310. The van der Waals surface area contributed by atoms with Crippen molar-refractivity contribution in [3.8, 4) is 5.75 Å². The highest BCUT2D eigenvalue weighted by atomic mass is 16.5. The van der Waals surface area contributed by atoms with E-state index in [4.69, 9.17) is 28.4 Å². The molecule has 2 heterocycles. The molecule has 1 saturated heterocycles. The van der Waals surface area contributed by atoms with Gasteiger partial charge in [-0.3, -0.25) is 0 Å². The summed E-state index contributed by atoms with van der Waals surface area (Å²) in [6.07, 6.45) is 0.298. The van der Waals surface area contributed by atoms with Gasteiger partial charge in [0.1, 0.15) is 12.4 Å². The van der Waals surface area contributed by atoms with Crippen LogP contribution in [0.3, 0.4) is 0 Å². The number of β-amino-alcohol motifs (C(OH)–C–C–N with tert-alkyl or cyclic N) is 1. The molecule has 0 bridgehead atoms. The fraction of sp³-hybridized carbons (Fsp3) is 0.600. The molecule has 0 aromatic heterocycles. The highest BCUT2D eigenvalue weighted by molar-refractivity contribution is 5.61. The summed E-state index contributed by atoms with van der Waals surface area (Å²) in [5, 5.41) is 14.2. The average Bonchev–Trinajstić information content (AvgIpc) is 2.96. The van der Waals surface area contributed by atoms with Crippen LogP contribution >= 0.6 is 0 Å². The molecule has 0 radical (unpaired) electrons. The molecule has 4 rings (SSSR count). The molecule has 2 N–H and O–H groups in total. The zero-order chi connectivity index (χ0) is 27.3. The van der Waals surface area contributed by atoms with Gasteiger partial charge in [-0.1, -0.05) is 30.3 Å². The lowest BCUT2D eigenvalue weighted by Crippen LogP contribution is -2.49. The maximum atomic E-state index is 10.9. The van der Waals surface area contributed by atoms with Crippen molar-refractivity contribution in [2.75, 3.05) is 84.9 Å². The van der Waals surface area contributed by atoms with Crippen LogP contribution in [0.5, 0.6) is 5.75 Å². The maximum absolute atomic E-state index is 10.9. The molecule has 39 heavy (non-hydrogen) atoms. The van der Waals surface area contributed by atoms with E-state index in [0.717, 1.165) is 54.2 Å². The number of benzene rings is 2. The van der Waals surface area contributed by atoms with Gasteiger partial charge in [0.15, 0.2) is 0 Å². The molecule has 0 saturated carbocycles. The highest BCUT2D eigenvalue weighted by Gasteiger charge is 2.34. The molecular weight excluding hydrogens is 500 g/mol. The predicted octanol–water partition coefficient (Wildman–Crippen LogP) is 2.73. The lowest BCUT2D eigenvalue weighted by atomic mass is 9.85. The monoisotopic (exact) mass is 544 g/mol. The van der Waals surface area contributed by atoms with E-state index in [9.17, 15) is 5.11 Å². The Balaban J connectivity index is 1.32. The summed E-state index contributed by atoms with van der Waals surface area (Å²) in [5.74, 6) is 0.805. The van der Waals surface area contributed by atoms with Crippen LogP contribution in [-0.2, 0) is 36.9 Å². The van der Waals surface area contributed by atoms with Crippen LogP contribution in [0.4, 0.5) is 5.69 Å². The van der Waals surface area contributed by atoms with Gasteiger partial charge in [0, 0.05) is 46.4 Å². The number of rotatable bonds is 16. The van der Waals surface area contributed by atoms with E-state index in [1.54, 1.807) is 14.2 Å². The van der Waals surface area contributed by atoms with E-state index in [1.165, 1.54) is 0 Å². The fourth-order valence-corrected chi connectivity index (χ4v) is 5.11. The number of anilines is 1. The van der Waals surface area contributed by atoms with Crippen LogP contribution in [0, 0.1) is 0 Å². The van der Waals surface area contributed by atoms with E-state index in [2.05, 4.69) is 46.6 Å². The van der Waals surface area contributed by atoms with Crippen molar-refractivity contribution in [3.05, 3.63) is 59.2 Å². The van der Waals surface area contributed by atoms with Gasteiger partial charge in [-0.15, -0.1) is 0 Å². The van der Waals surface area contributed by atoms with Crippen molar-refractivity contribution in [1.82, 2.24) is 5.32 Å². The Morgan fingerprint density at radius 1 is 0.897 bits per heavy atom. The van der Waals surface area contributed by atoms with Gasteiger partial charge in [0.2, 0.25) is 0 Å². The molecule has 1 fully saturated rings. The topological polar surface area (TPSA) is 90.9 Å². The number of piperidine rings is 1. The Labute approximate surface area is 232 Å². The van der Waals surface area contributed by atoms with Crippen molar-refractivity contribution in [3.63, 3.8) is 0 Å². The van der Waals surface area contributed by atoms with Gasteiger partial charge in [0.05, 0.1) is 64.1 Å². The fourth-order valence-electron chi connectivity index (χ4n) is 5.11. The van der Waals surface area contributed by atoms with Gasteiger partial charge in [0.25, 0.3) is 0 Å². The third-order valence-electron chi connectivity index (χ3n) is 7.17. The average molecular weight is 545 g/mol. The summed E-state index contributed by atoms with van der Waals surface area (Å²) in [7, 11) is 3.39. The van der Waals surface area contributed by atoms with E-state index >= 15 is 0 Å². The number of methoxy groups -OCH3 is 2. The molecular formula is C30H44N2O7. The van der Waals surface area contributed by atoms with E-state index in [-0.39, 0.29) is 12.0 Å². The Morgan fingerprint density at radius 2 is 1.67 bits per heavy atom. The number of aliphatic hydroxyl groups is 1. The maximum Gasteiger partial charge on any atom is 0.142 e. The molecule has 0 aliphatic carbocycles. The number of ether oxygens (including phenoxy) is 6. The van der Waals surface area contributed by atoms with Gasteiger partial charge in [-0.25, -0.2) is 0 Å². The van der Waals surface area contributed by atoms with Crippen LogP contribution in [0.1, 0.15) is 29.0 Å². The second kappa shape index (κ2) is 16.1. The molecule has 9 heteroatoms. The number of nitrogens with zero attached hydrogens (tertiary/aromatic N) is 1. The summed E-state index contributed by atoms with van der Waals surface area (Å²) in [6.45, 7) is 7.69. The molecule has 0 unspecified atom stereocenters. The van der Waals surface area contributed by atoms with Crippen LogP contribution in [0.15, 0.2) is 42.5 Å². The zero-order valence-electron chi connectivity index (χ0n) is 23.3. The van der Waals surface area contributed by atoms with E-state index < -0.39 is 6.10 Å². The van der Waals surface area contributed by atoms with Gasteiger partial charge >= 0.3 is 0 Å². The first-order chi connectivity index (χ1) is 19.2. The third kappa shape index (κ3) is 8.88. The van der Waals surface area contributed by atoms with Crippen molar-refractivity contribution in [1.29, 1.82) is 0 Å². The van der Waals surface area contributed by atoms with Crippen molar-refractivity contribution in [2.45, 2.75) is 37.8 Å². The molecule has 216 valence electrons. The summed E-state index contributed by atoms with van der Waals surface area (Å²) in [5.41, 5.74) is 4.36. The smallest absolute Gasteiger partial charge is 0.142 e. The lowest BCUT2D eigenvalue weighted by Gasteiger charge is -2.36. The Kier molecular flexibility index (Phi) is 12.3. The van der Waals surface area contributed by atoms with E-state index in [0.29, 0.717) is 59.3 Å². The molecule has 9 nitrogen and oxygen atoms in total. The van der Waals surface area contributed by atoms with Crippen LogP contribution in [0.25, 0.3) is 0 Å². The van der Waals surface area contributed by atoms with Crippen molar-refractivity contribution < 1.29 is 33.5 Å². The SMILES string of the molecule is COCCCN1CCOc2ccc(CO[C@H]3CNC[C@@H](O)[C@@H]3c3ccc(COCCOCCOC)cc3)cc21. The molecule has 2 aromatic carbocycles. The molecule has 0 spiro atoms. The largest absolute Gasteiger partial charge is 0.490 e. The Morgan fingerprint density at radius 3 is 2.49 bits per heavy atom. The number of aliphatic hydroxyl groups excluding tert-OH is 1. The first-order valence-corrected chi connectivity index (χ1v) is 13.9. The molecule has 2 aromatic rings. The Bertz CT molecular complexity index is 974. The normalized spacial score (nSPS) is 21.0. The number of hydrogen-bond acceptors (Lipinski definition) is 9. The van der Waals surface area contributed by atoms with Gasteiger partial charge in [-0.05, 0) is 35.2 Å². The first kappa shape index (κ1) is 29.7. The second-order valence-electron chi connectivity index (χ2n) is 9.98. The molecule has 0 amide bonds. The first-order valence-electron chi connectivity index (χ1n) is 13.9. The lowest BCUT2D eigenvalue weighted by molar-refractivity contribution is -0.0328. The summed E-state index contributed by atoms with van der Waals surface area (Å²) < 4.78 is 33.7. The molecule has 2 aliphatic rings. The highest BCUT2D eigenvalue weighted by Crippen LogP contribution is 2.34. The predicted molar refractivity (Wildman–Crippen MR) is 150 cm³/mol. The minimum atomic E-state index is -0.525. The summed E-state index contributed by atoms with van der Waals surface area (Å²) in [6, 6.07) is 14.6. The number of hydrogen-bond donors (Lipinski definition) is 2. The number of fused-ring (bicyclic) bond motifs is 1. The standard InChI is InChI=1S/C30H44N2O7/c1-34-12-3-10-32-11-13-38-28-9-6-24(18-26(28)32)22-39-29-20-31-19-27(33)30(29)25-7-4-23(5-8-25)21-37-17-16-36-15-14-35-2/h4-9,18,27,29-31,33H,3,10-17,19-22H2,1-2H3/t27-,29+,30+/m1/s1. The van der Waals surface area contributed by atoms with Crippen molar-refractivity contribution in [2.24, 2.45) is 0 Å². The summed E-state index contributed by atoms with van der Waals surface area (Å²) in [4.78, 5) is 2.36. The van der Waals surface area contributed by atoms with Crippen LogP contribution in [-0.4, -0.2) is 97.4 Å². The van der Waals surface area contributed by atoms with Crippen LogP contribution in [0.2, 0.25) is 0 Å². The molecule has 3 atom stereocenters. The van der Waals surface area contributed by atoms with Crippen molar-refractivity contribution >= 4 is 5.69 Å². The van der Waals surface area contributed by atoms with E-state index in [1.807, 2.05) is 6.07 Å². The summed E-state index contributed by atoms with van der Waals surface area (Å²) >= 11 is 0. The third-order valence-corrected chi connectivity index (χ3v) is 7.17.